The molecule has 0 radical (unpaired) electrons. The molecule has 1 aromatic rings. The van der Waals surface area contributed by atoms with E-state index in [-0.39, 0.29) is 6.04 Å². The van der Waals surface area contributed by atoms with Gasteiger partial charge in [0, 0.05) is 25.0 Å². The van der Waals surface area contributed by atoms with Gasteiger partial charge in [0.1, 0.15) is 0 Å². The lowest BCUT2D eigenvalue weighted by atomic mass is 10.0. The van der Waals surface area contributed by atoms with E-state index < -0.39 is 10.0 Å². The van der Waals surface area contributed by atoms with Crippen molar-refractivity contribution in [3.63, 3.8) is 0 Å². The van der Waals surface area contributed by atoms with E-state index in [9.17, 15) is 8.42 Å². The van der Waals surface area contributed by atoms with Crippen LogP contribution in [0.5, 0.6) is 0 Å². The van der Waals surface area contributed by atoms with Crippen molar-refractivity contribution >= 4 is 10.0 Å². The zero-order valence-corrected chi connectivity index (χ0v) is 11.5. The molecule has 1 saturated heterocycles. The first-order valence-corrected chi connectivity index (χ1v) is 7.89. The third kappa shape index (κ3) is 2.76. The van der Waals surface area contributed by atoms with Crippen LogP contribution in [-0.2, 0) is 10.0 Å². The predicted octanol–water partition coefficient (Wildman–Crippen LogP) is 1.17. The molecule has 5 nitrogen and oxygen atoms in total. The Kier molecular flexibility index (Phi) is 4.42. The number of piperidine rings is 1. The Hall–Kier alpha value is -0.850. The number of hydrogen-bond acceptors (Lipinski definition) is 3. The molecule has 2 N–H and O–H groups in total. The standard InChI is InChI=1S/C12H21N3O2S/c1-13-7-5-11-4-2-3-9-15(11)18(16,17)12-6-8-14-10-12/h6,8,10-11,13-14H,2-5,7,9H2,1H3. The molecule has 0 spiro atoms. The summed E-state index contributed by atoms with van der Waals surface area (Å²) in [6.45, 7) is 1.49. The maximum absolute atomic E-state index is 12.5. The van der Waals surface area contributed by atoms with E-state index in [1.54, 1.807) is 22.8 Å². The van der Waals surface area contributed by atoms with Crippen LogP contribution in [0.4, 0.5) is 0 Å². The smallest absolute Gasteiger partial charge is 0.244 e. The van der Waals surface area contributed by atoms with E-state index in [1.165, 1.54) is 0 Å². The van der Waals surface area contributed by atoms with Crippen molar-refractivity contribution in [3.8, 4) is 0 Å². The molecule has 6 heteroatoms. The number of nitrogens with zero attached hydrogens (tertiary/aromatic N) is 1. The van der Waals surface area contributed by atoms with Crippen LogP contribution in [0.15, 0.2) is 23.4 Å². The third-order valence-corrected chi connectivity index (χ3v) is 5.42. The maximum atomic E-state index is 12.5. The molecule has 0 aromatic carbocycles. The van der Waals surface area contributed by atoms with Crippen molar-refractivity contribution in [1.82, 2.24) is 14.6 Å². The highest BCUT2D eigenvalue weighted by molar-refractivity contribution is 7.89. The Morgan fingerprint density at radius 2 is 2.33 bits per heavy atom. The molecule has 1 unspecified atom stereocenters. The molecule has 1 fully saturated rings. The second-order valence-corrected chi connectivity index (χ2v) is 6.59. The fourth-order valence-electron chi connectivity index (χ4n) is 2.49. The lowest BCUT2D eigenvalue weighted by Crippen LogP contribution is -2.44. The number of hydrogen-bond donors (Lipinski definition) is 2. The highest BCUT2D eigenvalue weighted by Gasteiger charge is 2.33. The minimum absolute atomic E-state index is 0.131. The number of sulfonamides is 1. The van der Waals surface area contributed by atoms with Gasteiger partial charge in [0.2, 0.25) is 10.0 Å². The number of rotatable bonds is 5. The molecule has 1 aromatic heterocycles. The molecule has 18 heavy (non-hydrogen) atoms. The van der Waals surface area contributed by atoms with Crippen LogP contribution < -0.4 is 5.32 Å². The van der Waals surface area contributed by atoms with Crippen LogP contribution >= 0.6 is 0 Å². The largest absolute Gasteiger partial charge is 0.366 e. The monoisotopic (exact) mass is 271 g/mol. The predicted molar refractivity (Wildman–Crippen MR) is 70.9 cm³/mol. The first kappa shape index (κ1) is 13.6. The molecule has 1 aliphatic heterocycles. The van der Waals surface area contributed by atoms with E-state index in [0.717, 1.165) is 32.2 Å². The van der Waals surface area contributed by atoms with Crippen LogP contribution in [0.1, 0.15) is 25.7 Å². The average Bonchev–Trinajstić information content (AvgIpc) is 2.91. The zero-order valence-electron chi connectivity index (χ0n) is 10.7. The summed E-state index contributed by atoms with van der Waals surface area (Å²) < 4.78 is 26.7. The Labute approximate surface area is 109 Å². The van der Waals surface area contributed by atoms with Crippen LogP contribution in [0.25, 0.3) is 0 Å². The molecule has 2 heterocycles. The Bertz CT molecular complexity index is 456. The van der Waals surface area contributed by atoms with Gasteiger partial charge in [-0.25, -0.2) is 8.42 Å². The number of H-pyrrole nitrogens is 1. The minimum atomic E-state index is -3.32. The van der Waals surface area contributed by atoms with Gasteiger partial charge in [0.15, 0.2) is 0 Å². The van der Waals surface area contributed by atoms with Gasteiger partial charge in [0.05, 0.1) is 4.90 Å². The summed E-state index contributed by atoms with van der Waals surface area (Å²) in [5.74, 6) is 0. The van der Waals surface area contributed by atoms with Crippen LogP contribution in [-0.4, -0.2) is 43.9 Å². The van der Waals surface area contributed by atoms with E-state index in [0.29, 0.717) is 11.4 Å². The molecule has 0 bridgehead atoms. The second-order valence-electron chi connectivity index (χ2n) is 4.70. The van der Waals surface area contributed by atoms with Gasteiger partial charge in [-0.2, -0.15) is 4.31 Å². The Morgan fingerprint density at radius 1 is 1.50 bits per heavy atom. The van der Waals surface area contributed by atoms with Crippen molar-refractivity contribution < 1.29 is 8.42 Å². The van der Waals surface area contributed by atoms with Crippen molar-refractivity contribution in [2.24, 2.45) is 0 Å². The first-order chi connectivity index (χ1) is 8.66. The Balaban J connectivity index is 2.18. The second kappa shape index (κ2) is 5.86. The molecule has 1 aliphatic rings. The van der Waals surface area contributed by atoms with Crippen molar-refractivity contribution in [1.29, 1.82) is 0 Å². The summed E-state index contributed by atoms with van der Waals surface area (Å²) in [5.41, 5.74) is 0. The molecule has 0 aliphatic carbocycles. The topological polar surface area (TPSA) is 65.2 Å². The van der Waals surface area contributed by atoms with Gasteiger partial charge in [-0.15, -0.1) is 0 Å². The van der Waals surface area contributed by atoms with Gasteiger partial charge in [0.25, 0.3) is 0 Å². The molecule has 0 saturated carbocycles. The molecule has 2 rings (SSSR count). The summed E-state index contributed by atoms with van der Waals surface area (Å²) in [6.07, 6.45) is 7.12. The summed E-state index contributed by atoms with van der Waals surface area (Å²) in [6, 6.07) is 1.75. The number of nitrogens with one attached hydrogen (secondary N) is 2. The molecular formula is C12H21N3O2S. The summed E-state index contributed by atoms with van der Waals surface area (Å²) in [4.78, 5) is 3.19. The molecule has 0 amide bonds. The zero-order chi connectivity index (χ0) is 13.0. The summed E-state index contributed by atoms with van der Waals surface area (Å²) >= 11 is 0. The third-order valence-electron chi connectivity index (χ3n) is 3.48. The fraction of sp³-hybridized carbons (Fsp3) is 0.667. The van der Waals surface area contributed by atoms with E-state index in [1.807, 2.05) is 7.05 Å². The number of aromatic nitrogens is 1. The van der Waals surface area contributed by atoms with Crippen molar-refractivity contribution in [3.05, 3.63) is 18.5 Å². The lowest BCUT2D eigenvalue weighted by molar-refractivity contribution is 0.240. The molecule has 1 atom stereocenters. The quantitative estimate of drug-likeness (QED) is 0.845. The maximum Gasteiger partial charge on any atom is 0.244 e. The fourth-order valence-corrected chi connectivity index (χ4v) is 4.19. The highest BCUT2D eigenvalue weighted by Crippen LogP contribution is 2.26. The van der Waals surface area contributed by atoms with Gasteiger partial charge >= 0.3 is 0 Å². The van der Waals surface area contributed by atoms with Gasteiger partial charge in [-0.05, 0) is 38.9 Å². The van der Waals surface area contributed by atoms with E-state index in [2.05, 4.69) is 10.3 Å². The van der Waals surface area contributed by atoms with Crippen molar-refractivity contribution in [2.45, 2.75) is 36.6 Å². The van der Waals surface area contributed by atoms with Gasteiger partial charge < -0.3 is 10.3 Å². The SMILES string of the molecule is CNCCC1CCCCN1S(=O)(=O)c1cc[nH]c1. The molecular weight excluding hydrogens is 250 g/mol. The summed E-state index contributed by atoms with van der Waals surface area (Å²) in [5, 5.41) is 3.09. The van der Waals surface area contributed by atoms with E-state index in [4.69, 9.17) is 0 Å². The Morgan fingerprint density at radius 3 is 3.00 bits per heavy atom. The highest BCUT2D eigenvalue weighted by atomic mass is 32.2. The van der Waals surface area contributed by atoms with Crippen LogP contribution in [0.3, 0.4) is 0 Å². The van der Waals surface area contributed by atoms with E-state index >= 15 is 0 Å². The average molecular weight is 271 g/mol. The summed E-state index contributed by atoms with van der Waals surface area (Å²) in [7, 11) is -1.43. The van der Waals surface area contributed by atoms with Gasteiger partial charge in [-0.3, -0.25) is 0 Å². The number of aromatic amines is 1. The van der Waals surface area contributed by atoms with Crippen molar-refractivity contribution in [2.75, 3.05) is 20.1 Å². The minimum Gasteiger partial charge on any atom is -0.366 e. The van der Waals surface area contributed by atoms with Crippen LogP contribution in [0.2, 0.25) is 0 Å². The lowest BCUT2D eigenvalue weighted by Gasteiger charge is -2.34. The van der Waals surface area contributed by atoms with Gasteiger partial charge in [-0.1, -0.05) is 6.42 Å². The molecule has 102 valence electrons. The van der Waals surface area contributed by atoms with Crippen LogP contribution in [0, 0.1) is 0 Å². The normalized spacial score (nSPS) is 22.2. The first-order valence-electron chi connectivity index (χ1n) is 6.45.